The molecule has 0 radical (unpaired) electrons. The molecule has 1 unspecified atom stereocenters. The van der Waals surface area contributed by atoms with Gasteiger partial charge in [-0.1, -0.05) is 12.1 Å². The smallest absolute Gasteiger partial charge is 0.250 e. The van der Waals surface area contributed by atoms with Crippen LogP contribution in [0.3, 0.4) is 0 Å². The van der Waals surface area contributed by atoms with Gasteiger partial charge < -0.3 is 5.11 Å². The van der Waals surface area contributed by atoms with Crippen LogP contribution in [0.1, 0.15) is 29.0 Å². The summed E-state index contributed by atoms with van der Waals surface area (Å²) >= 11 is 1.01. The molecule has 114 valence electrons. The molecular weight excluding hydrogens is 313 g/mol. The molecule has 0 aliphatic carbocycles. The SMILES string of the molecule is Cc1ccc(C(C)NS(=O)(=O)c2ccc(CO)s2)cc1F. The van der Waals surface area contributed by atoms with E-state index in [1.54, 1.807) is 32.0 Å². The van der Waals surface area contributed by atoms with Gasteiger partial charge in [0.2, 0.25) is 0 Å². The molecular formula is C14H16FNO3S2. The van der Waals surface area contributed by atoms with Gasteiger partial charge in [0.25, 0.3) is 10.0 Å². The van der Waals surface area contributed by atoms with Gasteiger partial charge in [-0.2, -0.15) is 0 Å². The van der Waals surface area contributed by atoms with Crippen LogP contribution in [0, 0.1) is 12.7 Å². The summed E-state index contributed by atoms with van der Waals surface area (Å²) in [5.41, 5.74) is 1.07. The van der Waals surface area contributed by atoms with Crippen LogP contribution in [0.4, 0.5) is 4.39 Å². The lowest BCUT2D eigenvalue weighted by atomic mass is 10.1. The van der Waals surface area contributed by atoms with Crippen molar-refractivity contribution in [1.82, 2.24) is 4.72 Å². The predicted molar refractivity (Wildman–Crippen MR) is 80.1 cm³/mol. The van der Waals surface area contributed by atoms with Gasteiger partial charge in [-0.15, -0.1) is 11.3 Å². The van der Waals surface area contributed by atoms with Crippen LogP contribution in [-0.2, 0) is 16.6 Å². The number of hydrogen-bond donors (Lipinski definition) is 2. The lowest BCUT2D eigenvalue weighted by molar-refractivity contribution is 0.285. The first-order valence-corrected chi connectivity index (χ1v) is 8.61. The van der Waals surface area contributed by atoms with Crippen LogP contribution in [0.25, 0.3) is 0 Å². The molecule has 1 heterocycles. The van der Waals surface area contributed by atoms with Crippen molar-refractivity contribution < 1.29 is 17.9 Å². The third kappa shape index (κ3) is 3.68. The molecule has 1 aromatic heterocycles. The Kier molecular flexibility index (Phi) is 4.77. The molecule has 1 aromatic carbocycles. The van der Waals surface area contributed by atoms with E-state index in [1.807, 2.05) is 0 Å². The van der Waals surface area contributed by atoms with E-state index in [0.29, 0.717) is 16.0 Å². The Morgan fingerprint density at radius 2 is 2.05 bits per heavy atom. The fourth-order valence-corrected chi connectivity index (χ4v) is 4.29. The number of nitrogens with one attached hydrogen (secondary N) is 1. The van der Waals surface area contributed by atoms with Crippen molar-refractivity contribution in [2.24, 2.45) is 0 Å². The number of halogens is 1. The molecule has 4 nitrogen and oxygen atoms in total. The van der Waals surface area contributed by atoms with Crippen molar-refractivity contribution in [3.8, 4) is 0 Å². The van der Waals surface area contributed by atoms with Gasteiger partial charge in [0.05, 0.1) is 6.61 Å². The van der Waals surface area contributed by atoms with Gasteiger partial charge in [-0.3, -0.25) is 0 Å². The summed E-state index contributed by atoms with van der Waals surface area (Å²) in [6.45, 7) is 3.11. The molecule has 2 rings (SSSR count). The third-order valence-electron chi connectivity index (χ3n) is 3.09. The average molecular weight is 329 g/mol. The second-order valence-electron chi connectivity index (χ2n) is 4.73. The lowest BCUT2D eigenvalue weighted by Gasteiger charge is -2.14. The molecule has 0 bridgehead atoms. The summed E-state index contributed by atoms with van der Waals surface area (Å²) in [6, 6.07) is 7.10. The number of thiophene rings is 1. The standard InChI is InChI=1S/C14H16FNO3S2/c1-9-3-4-11(7-13(9)15)10(2)16-21(18,19)14-6-5-12(8-17)20-14/h3-7,10,16-17H,8H2,1-2H3. The summed E-state index contributed by atoms with van der Waals surface area (Å²) in [6.07, 6.45) is 0. The van der Waals surface area contributed by atoms with Crippen molar-refractivity contribution >= 4 is 21.4 Å². The van der Waals surface area contributed by atoms with Crippen LogP contribution in [-0.4, -0.2) is 13.5 Å². The first kappa shape index (κ1) is 16.1. The van der Waals surface area contributed by atoms with Crippen LogP contribution < -0.4 is 4.72 Å². The predicted octanol–water partition coefficient (Wildman–Crippen LogP) is 2.73. The molecule has 0 aliphatic rings. The molecule has 0 spiro atoms. The van der Waals surface area contributed by atoms with Crippen molar-refractivity contribution in [1.29, 1.82) is 0 Å². The Balaban J connectivity index is 2.21. The summed E-state index contributed by atoms with van der Waals surface area (Å²) in [5.74, 6) is -0.364. The number of hydrogen-bond acceptors (Lipinski definition) is 4. The zero-order valence-electron chi connectivity index (χ0n) is 11.6. The summed E-state index contributed by atoms with van der Waals surface area (Å²) in [5, 5.41) is 8.99. The molecule has 2 aromatic rings. The first-order chi connectivity index (χ1) is 9.83. The highest BCUT2D eigenvalue weighted by atomic mass is 32.2. The van der Waals surface area contributed by atoms with E-state index in [0.717, 1.165) is 11.3 Å². The minimum Gasteiger partial charge on any atom is -0.391 e. The summed E-state index contributed by atoms with van der Waals surface area (Å²) in [7, 11) is -3.68. The molecule has 0 amide bonds. The molecule has 0 saturated carbocycles. The Morgan fingerprint density at radius 1 is 1.33 bits per heavy atom. The molecule has 1 atom stereocenters. The normalized spacial score (nSPS) is 13.3. The van der Waals surface area contributed by atoms with Crippen molar-refractivity contribution in [3.05, 3.63) is 52.2 Å². The molecule has 21 heavy (non-hydrogen) atoms. The molecule has 0 saturated heterocycles. The van der Waals surface area contributed by atoms with E-state index >= 15 is 0 Å². The maximum Gasteiger partial charge on any atom is 0.250 e. The minimum atomic E-state index is -3.68. The maximum atomic E-state index is 13.5. The summed E-state index contributed by atoms with van der Waals surface area (Å²) < 4.78 is 40.6. The van der Waals surface area contributed by atoms with E-state index in [2.05, 4.69) is 4.72 Å². The fourth-order valence-electron chi connectivity index (χ4n) is 1.82. The summed E-state index contributed by atoms with van der Waals surface area (Å²) in [4.78, 5) is 0.574. The van der Waals surface area contributed by atoms with Crippen molar-refractivity contribution in [2.75, 3.05) is 0 Å². The number of rotatable bonds is 5. The Labute approximate surface area is 127 Å². The van der Waals surface area contributed by atoms with Gasteiger partial charge >= 0.3 is 0 Å². The number of aryl methyl sites for hydroxylation is 1. The highest BCUT2D eigenvalue weighted by Crippen LogP contribution is 2.24. The zero-order chi connectivity index (χ0) is 15.6. The van der Waals surface area contributed by atoms with E-state index in [-0.39, 0.29) is 16.6 Å². The lowest BCUT2D eigenvalue weighted by Crippen LogP contribution is -2.26. The number of benzene rings is 1. The Hall–Kier alpha value is -1.28. The first-order valence-electron chi connectivity index (χ1n) is 6.31. The minimum absolute atomic E-state index is 0.131. The van der Waals surface area contributed by atoms with Crippen LogP contribution in [0.2, 0.25) is 0 Å². The van der Waals surface area contributed by atoms with Crippen LogP contribution in [0.5, 0.6) is 0 Å². The topological polar surface area (TPSA) is 66.4 Å². The quantitative estimate of drug-likeness (QED) is 0.886. The largest absolute Gasteiger partial charge is 0.391 e. The van der Waals surface area contributed by atoms with Gasteiger partial charge in [0.15, 0.2) is 0 Å². The highest BCUT2D eigenvalue weighted by Gasteiger charge is 2.20. The Bertz CT molecular complexity index is 740. The second-order valence-corrected chi connectivity index (χ2v) is 7.84. The van der Waals surface area contributed by atoms with Gasteiger partial charge in [-0.25, -0.2) is 17.5 Å². The van der Waals surface area contributed by atoms with E-state index in [9.17, 15) is 12.8 Å². The molecule has 0 aliphatic heterocycles. The number of aliphatic hydroxyl groups excluding tert-OH is 1. The maximum absolute atomic E-state index is 13.5. The number of aliphatic hydroxyl groups is 1. The van der Waals surface area contributed by atoms with Gasteiger partial charge in [-0.05, 0) is 43.2 Å². The number of sulfonamides is 1. The fraction of sp³-hybridized carbons (Fsp3) is 0.286. The average Bonchev–Trinajstić information content (AvgIpc) is 2.91. The molecule has 0 fully saturated rings. The van der Waals surface area contributed by atoms with E-state index in [1.165, 1.54) is 12.1 Å². The molecule has 2 N–H and O–H groups in total. The van der Waals surface area contributed by atoms with E-state index in [4.69, 9.17) is 5.11 Å². The van der Waals surface area contributed by atoms with Gasteiger partial charge in [0.1, 0.15) is 10.0 Å². The Morgan fingerprint density at radius 3 is 2.62 bits per heavy atom. The van der Waals surface area contributed by atoms with Crippen molar-refractivity contribution in [2.45, 2.75) is 30.7 Å². The van der Waals surface area contributed by atoms with E-state index < -0.39 is 16.1 Å². The van der Waals surface area contributed by atoms with Crippen LogP contribution >= 0.6 is 11.3 Å². The van der Waals surface area contributed by atoms with Gasteiger partial charge in [0, 0.05) is 10.9 Å². The monoisotopic (exact) mass is 329 g/mol. The molecule has 7 heteroatoms. The second kappa shape index (κ2) is 6.23. The van der Waals surface area contributed by atoms with Crippen molar-refractivity contribution in [3.63, 3.8) is 0 Å². The zero-order valence-corrected chi connectivity index (χ0v) is 13.3. The highest BCUT2D eigenvalue weighted by molar-refractivity contribution is 7.91. The van der Waals surface area contributed by atoms with Crippen LogP contribution in [0.15, 0.2) is 34.5 Å². The third-order valence-corrected chi connectivity index (χ3v) is 6.19.